The minimum absolute atomic E-state index is 0.126. The number of rotatable bonds is 6. The maximum atomic E-state index is 11.9. The van der Waals surface area contributed by atoms with Gasteiger partial charge in [0, 0.05) is 28.5 Å². The summed E-state index contributed by atoms with van der Waals surface area (Å²) in [5, 5.41) is 13.7. The third kappa shape index (κ3) is 4.41. The van der Waals surface area contributed by atoms with Gasteiger partial charge in [0.05, 0.1) is 11.6 Å². The lowest BCUT2D eigenvalue weighted by Gasteiger charge is -2.05. The van der Waals surface area contributed by atoms with E-state index in [4.69, 9.17) is 5.26 Å². The molecule has 2 aromatic rings. The van der Waals surface area contributed by atoms with Crippen LogP contribution in [0.2, 0.25) is 0 Å². The largest absolute Gasteiger partial charge is 0.351 e. The number of carbonyl (C=O) groups is 1. The van der Waals surface area contributed by atoms with Gasteiger partial charge in [-0.3, -0.25) is 4.79 Å². The van der Waals surface area contributed by atoms with Crippen LogP contribution in [0, 0.1) is 11.3 Å². The highest BCUT2D eigenvalue weighted by Crippen LogP contribution is 2.16. The molecule has 20 heavy (non-hydrogen) atoms. The van der Waals surface area contributed by atoms with Crippen LogP contribution in [0.15, 0.2) is 41.8 Å². The number of thioether (sulfide) groups is 1. The van der Waals surface area contributed by atoms with Gasteiger partial charge in [-0.1, -0.05) is 12.1 Å². The Hall–Kier alpha value is -1.77. The number of carbonyl (C=O) groups excluding carboxylic acids is 1. The van der Waals surface area contributed by atoms with E-state index in [2.05, 4.69) is 16.8 Å². The molecule has 1 aromatic carbocycles. The van der Waals surface area contributed by atoms with Crippen LogP contribution in [-0.4, -0.2) is 18.2 Å². The average molecular weight is 302 g/mol. The predicted octanol–water partition coefficient (Wildman–Crippen LogP) is 3.28. The van der Waals surface area contributed by atoms with E-state index in [1.54, 1.807) is 47.4 Å². The number of nitriles is 1. The van der Waals surface area contributed by atoms with E-state index in [9.17, 15) is 4.79 Å². The molecule has 0 bridgehead atoms. The smallest absolute Gasteiger partial charge is 0.251 e. The van der Waals surface area contributed by atoms with Crippen molar-refractivity contribution in [1.29, 1.82) is 5.26 Å². The summed E-state index contributed by atoms with van der Waals surface area (Å²) in [5.74, 6) is 1.73. The Bertz CT molecular complexity index is 603. The number of amides is 1. The predicted molar refractivity (Wildman–Crippen MR) is 84.0 cm³/mol. The average Bonchev–Trinajstić information content (AvgIpc) is 3.00. The zero-order chi connectivity index (χ0) is 14.2. The maximum Gasteiger partial charge on any atom is 0.251 e. The minimum Gasteiger partial charge on any atom is -0.351 e. The number of benzene rings is 1. The molecular formula is C15H14N2OS2. The number of hydrogen-bond donors (Lipinski definition) is 1. The molecule has 0 fully saturated rings. The fourth-order valence-corrected chi connectivity index (χ4v) is 3.34. The molecule has 5 heteroatoms. The quantitative estimate of drug-likeness (QED) is 0.833. The highest BCUT2D eigenvalue weighted by Gasteiger charge is 2.05. The van der Waals surface area contributed by atoms with E-state index >= 15 is 0 Å². The fourth-order valence-electron chi connectivity index (χ4n) is 1.64. The molecule has 1 amide bonds. The SMILES string of the molecule is N#Cc1cccc(C(=O)NCCSCc2cccs2)c1. The van der Waals surface area contributed by atoms with Gasteiger partial charge in [-0.05, 0) is 29.6 Å². The van der Waals surface area contributed by atoms with Crippen molar-refractivity contribution in [2.24, 2.45) is 0 Å². The van der Waals surface area contributed by atoms with Gasteiger partial charge in [0.15, 0.2) is 0 Å². The first-order chi connectivity index (χ1) is 9.79. The summed E-state index contributed by atoms with van der Waals surface area (Å²) in [6.45, 7) is 0.631. The summed E-state index contributed by atoms with van der Waals surface area (Å²) in [4.78, 5) is 13.2. The zero-order valence-electron chi connectivity index (χ0n) is 10.8. The minimum atomic E-state index is -0.126. The topological polar surface area (TPSA) is 52.9 Å². The molecule has 2 rings (SSSR count). The summed E-state index contributed by atoms with van der Waals surface area (Å²) in [7, 11) is 0. The van der Waals surface area contributed by atoms with Gasteiger partial charge in [-0.2, -0.15) is 17.0 Å². The second kappa shape index (κ2) is 7.73. The lowest BCUT2D eigenvalue weighted by atomic mass is 10.1. The molecule has 0 aliphatic heterocycles. The number of nitrogens with one attached hydrogen (secondary N) is 1. The van der Waals surface area contributed by atoms with E-state index in [1.165, 1.54) is 4.88 Å². The van der Waals surface area contributed by atoms with Crippen LogP contribution in [0.1, 0.15) is 20.8 Å². The van der Waals surface area contributed by atoms with Gasteiger partial charge in [0.1, 0.15) is 0 Å². The molecule has 0 unspecified atom stereocenters. The molecule has 0 atom stereocenters. The van der Waals surface area contributed by atoms with Crippen molar-refractivity contribution in [2.75, 3.05) is 12.3 Å². The molecule has 3 nitrogen and oxygen atoms in total. The molecule has 0 saturated heterocycles. The van der Waals surface area contributed by atoms with Crippen LogP contribution >= 0.6 is 23.1 Å². The third-order valence-electron chi connectivity index (χ3n) is 2.61. The van der Waals surface area contributed by atoms with Crippen LogP contribution in [0.25, 0.3) is 0 Å². The van der Waals surface area contributed by atoms with Crippen LogP contribution in [0.3, 0.4) is 0 Å². The number of thiophene rings is 1. The Balaban J connectivity index is 1.71. The fraction of sp³-hybridized carbons (Fsp3) is 0.200. The molecule has 1 heterocycles. The van der Waals surface area contributed by atoms with Gasteiger partial charge in [-0.25, -0.2) is 0 Å². The summed E-state index contributed by atoms with van der Waals surface area (Å²) in [6.07, 6.45) is 0. The first-order valence-corrected chi connectivity index (χ1v) is 8.21. The summed E-state index contributed by atoms with van der Waals surface area (Å²) < 4.78 is 0. The molecule has 0 saturated carbocycles. The van der Waals surface area contributed by atoms with Crippen LogP contribution in [0.4, 0.5) is 0 Å². The monoisotopic (exact) mass is 302 g/mol. The number of nitrogens with zero attached hydrogens (tertiary/aromatic N) is 1. The maximum absolute atomic E-state index is 11.9. The Morgan fingerprint density at radius 3 is 3.00 bits per heavy atom. The van der Waals surface area contributed by atoms with Gasteiger partial charge >= 0.3 is 0 Å². The van der Waals surface area contributed by atoms with Gasteiger partial charge in [0.25, 0.3) is 5.91 Å². The van der Waals surface area contributed by atoms with Crippen molar-refractivity contribution in [3.63, 3.8) is 0 Å². The van der Waals surface area contributed by atoms with Crippen molar-refractivity contribution in [1.82, 2.24) is 5.32 Å². The van der Waals surface area contributed by atoms with Crippen LogP contribution < -0.4 is 5.32 Å². The Labute approximate surface area is 126 Å². The lowest BCUT2D eigenvalue weighted by molar-refractivity contribution is 0.0956. The molecule has 1 N–H and O–H groups in total. The van der Waals surface area contributed by atoms with Crippen LogP contribution in [0.5, 0.6) is 0 Å². The summed E-state index contributed by atoms with van der Waals surface area (Å²) >= 11 is 3.55. The van der Waals surface area contributed by atoms with E-state index in [0.29, 0.717) is 17.7 Å². The van der Waals surface area contributed by atoms with Crippen LogP contribution in [-0.2, 0) is 5.75 Å². The van der Waals surface area contributed by atoms with Crippen molar-refractivity contribution in [3.05, 3.63) is 57.8 Å². The van der Waals surface area contributed by atoms with E-state index in [1.807, 2.05) is 12.1 Å². The zero-order valence-corrected chi connectivity index (χ0v) is 12.5. The van der Waals surface area contributed by atoms with E-state index in [-0.39, 0.29) is 5.91 Å². The van der Waals surface area contributed by atoms with Gasteiger partial charge in [0.2, 0.25) is 0 Å². The standard InChI is InChI=1S/C15H14N2OS2/c16-10-12-3-1-4-13(9-12)15(18)17-6-8-19-11-14-5-2-7-20-14/h1-5,7,9H,6,8,11H2,(H,17,18). The Morgan fingerprint density at radius 2 is 2.25 bits per heavy atom. The second-order valence-corrected chi connectivity index (χ2v) is 6.22. The van der Waals surface area contributed by atoms with E-state index in [0.717, 1.165) is 11.5 Å². The van der Waals surface area contributed by atoms with Crippen molar-refractivity contribution < 1.29 is 4.79 Å². The molecular weight excluding hydrogens is 288 g/mol. The normalized spacial score (nSPS) is 9.95. The highest BCUT2D eigenvalue weighted by molar-refractivity contribution is 7.98. The Kier molecular flexibility index (Phi) is 5.66. The third-order valence-corrected chi connectivity index (χ3v) is 4.68. The molecule has 102 valence electrons. The van der Waals surface area contributed by atoms with Crippen molar-refractivity contribution in [3.8, 4) is 6.07 Å². The van der Waals surface area contributed by atoms with Gasteiger partial charge < -0.3 is 5.32 Å². The number of hydrogen-bond acceptors (Lipinski definition) is 4. The second-order valence-electron chi connectivity index (χ2n) is 4.08. The van der Waals surface area contributed by atoms with Crippen molar-refractivity contribution in [2.45, 2.75) is 5.75 Å². The highest BCUT2D eigenvalue weighted by atomic mass is 32.2. The first-order valence-electron chi connectivity index (χ1n) is 6.18. The summed E-state index contributed by atoms with van der Waals surface area (Å²) in [5.41, 5.74) is 1.04. The van der Waals surface area contributed by atoms with Gasteiger partial charge in [-0.15, -0.1) is 11.3 Å². The molecule has 0 radical (unpaired) electrons. The van der Waals surface area contributed by atoms with Crippen molar-refractivity contribution >= 4 is 29.0 Å². The van der Waals surface area contributed by atoms with E-state index < -0.39 is 0 Å². The first kappa shape index (κ1) is 14.6. The molecule has 0 spiro atoms. The molecule has 0 aliphatic carbocycles. The lowest BCUT2D eigenvalue weighted by Crippen LogP contribution is -2.25. The molecule has 1 aromatic heterocycles. The Morgan fingerprint density at radius 1 is 1.35 bits per heavy atom. The summed E-state index contributed by atoms with van der Waals surface area (Å²) in [6, 6.07) is 12.9. The molecule has 0 aliphatic rings.